The van der Waals surface area contributed by atoms with Gasteiger partial charge in [0.05, 0.1) is 26.3 Å². The van der Waals surface area contributed by atoms with E-state index in [2.05, 4.69) is 10.1 Å². The normalized spacial score (nSPS) is 10.3. The van der Waals surface area contributed by atoms with Crippen molar-refractivity contribution < 1.29 is 23.5 Å². The number of carbonyl (C=O) groups excluding carboxylic acids is 3. The zero-order valence-corrected chi connectivity index (χ0v) is 10.8. The molecular weight excluding hydrogens is 252 g/mol. The molecule has 0 unspecified atom stereocenters. The summed E-state index contributed by atoms with van der Waals surface area (Å²) >= 11 is 0. The van der Waals surface area contributed by atoms with Crippen molar-refractivity contribution in [1.29, 1.82) is 0 Å². The van der Waals surface area contributed by atoms with Gasteiger partial charge in [0.15, 0.2) is 5.76 Å². The molecule has 0 saturated carbocycles. The standard InChI is InChI=1S/C12H16N2O5/c1-14(6-5-11(16)18-2)8-10(15)13-12(17)9-4-3-7-19-9/h3-4,7H,5-6,8H2,1-2H3,(H,13,15,17). The molecule has 1 rings (SSSR count). The van der Waals surface area contributed by atoms with Crippen molar-refractivity contribution in [2.75, 3.05) is 27.2 Å². The molecule has 7 nitrogen and oxygen atoms in total. The van der Waals surface area contributed by atoms with Gasteiger partial charge in [0.1, 0.15) is 0 Å². The van der Waals surface area contributed by atoms with Gasteiger partial charge in [0.25, 0.3) is 5.91 Å². The van der Waals surface area contributed by atoms with E-state index in [0.29, 0.717) is 6.54 Å². The lowest BCUT2D eigenvalue weighted by atomic mass is 10.3. The van der Waals surface area contributed by atoms with Gasteiger partial charge in [-0.3, -0.25) is 24.6 Å². The minimum atomic E-state index is -0.587. The van der Waals surface area contributed by atoms with Crippen LogP contribution in [-0.2, 0) is 14.3 Å². The molecule has 7 heteroatoms. The third-order valence-electron chi connectivity index (χ3n) is 2.34. The van der Waals surface area contributed by atoms with E-state index in [1.807, 2.05) is 0 Å². The fourth-order valence-electron chi connectivity index (χ4n) is 1.34. The molecule has 1 aromatic heterocycles. The van der Waals surface area contributed by atoms with Crippen LogP contribution in [0.5, 0.6) is 0 Å². The second-order valence-corrected chi connectivity index (χ2v) is 3.92. The van der Waals surface area contributed by atoms with Crippen molar-refractivity contribution >= 4 is 17.8 Å². The number of esters is 1. The number of rotatable bonds is 6. The average molecular weight is 268 g/mol. The van der Waals surface area contributed by atoms with E-state index in [1.165, 1.54) is 19.4 Å². The van der Waals surface area contributed by atoms with Crippen LogP contribution in [0.25, 0.3) is 0 Å². The minimum absolute atomic E-state index is 0.00342. The first-order valence-corrected chi connectivity index (χ1v) is 5.66. The topological polar surface area (TPSA) is 88.9 Å². The van der Waals surface area contributed by atoms with Gasteiger partial charge in [0.2, 0.25) is 5.91 Å². The summed E-state index contributed by atoms with van der Waals surface area (Å²) in [5.41, 5.74) is 0. The Bertz CT molecular complexity index is 441. The Morgan fingerprint density at radius 1 is 1.42 bits per heavy atom. The highest BCUT2D eigenvalue weighted by atomic mass is 16.5. The van der Waals surface area contributed by atoms with Gasteiger partial charge in [-0.15, -0.1) is 0 Å². The molecule has 1 heterocycles. The fraction of sp³-hybridized carbons (Fsp3) is 0.417. The Balaban J connectivity index is 2.30. The van der Waals surface area contributed by atoms with Crippen molar-refractivity contribution in [2.24, 2.45) is 0 Å². The van der Waals surface area contributed by atoms with Crippen molar-refractivity contribution in [3.63, 3.8) is 0 Å². The summed E-state index contributed by atoms with van der Waals surface area (Å²) in [6, 6.07) is 3.02. The summed E-state index contributed by atoms with van der Waals surface area (Å²) in [5, 5.41) is 2.19. The van der Waals surface area contributed by atoms with Gasteiger partial charge in [-0.2, -0.15) is 0 Å². The highest BCUT2D eigenvalue weighted by molar-refractivity contribution is 6.03. The maximum absolute atomic E-state index is 11.5. The predicted octanol–water partition coefficient (Wildman–Crippen LogP) is 0.0309. The molecule has 19 heavy (non-hydrogen) atoms. The number of carbonyl (C=O) groups is 3. The fourth-order valence-corrected chi connectivity index (χ4v) is 1.34. The highest BCUT2D eigenvalue weighted by Gasteiger charge is 2.14. The van der Waals surface area contributed by atoms with Crippen molar-refractivity contribution in [3.05, 3.63) is 24.2 Å². The zero-order valence-electron chi connectivity index (χ0n) is 10.8. The molecule has 2 amide bonds. The maximum atomic E-state index is 11.5. The number of furan rings is 1. The van der Waals surface area contributed by atoms with Gasteiger partial charge in [-0.25, -0.2) is 0 Å². The van der Waals surface area contributed by atoms with E-state index in [1.54, 1.807) is 18.0 Å². The van der Waals surface area contributed by atoms with Crippen LogP contribution in [0.1, 0.15) is 17.0 Å². The Hall–Kier alpha value is -2.15. The Labute approximate surface area is 110 Å². The van der Waals surface area contributed by atoms with E-state index in [4.69, 9.17) is 4.42 Å². The number of imide groups is 1. The number of amides is 2. The van der Waals surface area contributed by atoms with Gasteiger partial charge >= 0.3 is 5.97 Å². The van der Waals surface area contributed by atoms with Gasteiger partial charge < -0.3 is 9.15 Å². The molecule has 0 fully saturated rings. The van der Waals surface area contributed by atoms with Crippen molar-refractivity contribution in [2.45, 2.75) is 6.42 Å². The lowest BCUT2D eigenvalue weighted by molar-refractivity contribution is -0.141. The third-order valence-corrected chi connectivity index (χ3v) is 2.34. The molecule has 0 aliphatic carbocycles. The molecule has 0 aromatic carbocycles. The minimum Gasteiger partial charge on any atom is -0.469 e. The molecule has 0 saturated heterocycles. The largest absolute Gasteiger partial charge is 0.469 e. The van der Waals surface area contributed by atoms with Crippen LogP contribution in [0.3, 0.4) is 0 Å². The summed E-state index contributed by atoms with van der Waals surface area (Å²) in [6.07, 6.45) is 1.54. The van der Waals surface area contributed by atoms with Gasteiger partial charge in [0, 0.05) is 6.54 Å². The molecule has 0 radical (unpaired) electrons. The first kappa shape index (κ1) is 14.9. The molecule has 104 valence electrons. The van der Waals surface area contributed by atoms with Crippen molar-refractivity contribution in [1.82, 2.24) is 10.2 Å². The number of hydrogen-bond donors (Lipinski definition) is 1. The molecule has 0 atom stereocenters. The first-order chi connectivity index (χ1) is 9.02. The summed E-state index contributed by atoms with van der Waals surface area (Å²) < 4.78 is 9.34. The summed E-state index contributed by atoms with van der Waals surface area (Å²) in [5.74, 6) is -1.32. The zero-order chi connectivity index (χ0) is 14.3. The maximum Gasteiger partial charge on any atom is 0.306 e. The number of nitrogens with zero attached hydrogens (tertiary/aromatic N) is 1. The number of ether oxygens (including phenoxy) is 1. The molecule has 1 N–H and O–H groups in total. The second kappa shape index (κ2) is 7.32. The Morgan fingerprint density at radius 3 is 2.74 bits per heavy atom. The quantitative estimate of drug-likeness (QED) is 0.732. The van der Waals surface area contributed by atoms with Crippen LogP contribution in [-0.4, -0.2) is 49.9 Å². The molecular formula is C12H16N2O5. The van der Waals surface area contributed by atoms with Crippen LogP contribution in [0.15, 0.2) is 22.8 Å². The summed E-state index contributed by atoms with van der Waals surface area (Å²) in [6.45, 7) is 0.373. The lowest BCUT2D eigenvalue weighted by Gasteiger charge is -2.14. The van der Waals surface area contributed by atoms with E-state index >= 15 is 0 Å². The van der Waals surface area contributed by atoms with Crippen LogP contribution >= 0.6 is 0 Å². The van der Waals surface area contributed by atoms with E-state index in [0.717, 1.165) is 0 Å². The van der Waals surface area contributed by atoms with E-state index in [9.17, 15) is 14.4 Å². The lowest BCUT2D eigenvalue weighted by Crippen LogP contribution is -2.39. The van der Waals surface area contributed by atoms with Crippen molar-refractivity contribution in [3.8, 4) is 0 Å². The third kappa shape index (κ3) is 5.35. The molecule has 0 spiro atoms. The van der Waals surface area contributed by atoms with Crippen LogP contribution in [0.2, 0.25) is 0 Å². The Morgan fingerprint density at radius 2 is 2.16 bits per heavy atom. The van der Waals surface area contributed by atoms with Crippen LogP contribution < -0.4 is 5.32 Å². The molecule has 0 aliphatic heterocycles. The number of methoxy groups -OCH3 is 1. The first-order valence-electron chi connectivity index (χ1n) is 5.66. The van der Waals surface area contributed by atoms with Gasteiger partial charge in [-0.1, -0.05) is 0 Å². The van der Waals surface area contributed by atoms with Gasteiger partial charge in [-0.05, 0) is 19.2 Å². The number of nitrogens with one attached hydrogen (secondary N) is 1. The van der Waals surface area contributed by atoms with Crippen LogP contribution in [0, 0.1) is 0 Å². The highest BCUT2D eigenvalue weighted by Crippen LogP contribution is 1.99. The number of hydrogen-bond acceptors (Lipinski definition) is 6. The van der Waals surface area contributed by atoms with E-state index in [-0.39, 0.29) is 24.7 Å². The summed E-state index contributed by atoms with van der Waals surface area (Å²) in [7, 11) is 2.97. The molecule has 0 aliphatic rings. The number of likely N-dealkylation sites (N-methyl/N-ethyl adjacent to an activating group) is 1. The SMILES string of the molecule is COC(=O)CCN(C)CC(=O)NC(=O)c1ccco1. The smallest absolute Gasteiger partial charge is 0.306 e. The van der Waals surface area contributed by atoms with Crippen LogP contribution in [0.4, 0.5) is 0 Å². The monoisotopic (exact) mass is 268 g/mol. The van der Waals surface area contributed by atoms with E-state index < -0.39 is 11.8 Å². The predicted molar refractivity (Wildman–Crippen MR) is 65.3 cm³/mol. The average Bonchev–Trinajstić information content (AvgIpc) is 2.89. The molecule has 0 bridgehead atoms. The Kier molecular flexibility index (Phi) is 5.74. The summed E-state index contributed by atoms with van der Waals surface area (Å²) in [4.78, 5) is 35.6. The molecule has 1 aromatic rings. The second-order valence-electron chi connectivity index (χ2n) is 3.92.